The first kappa shape index (κ1) is 17.1. The van der Waals surface area contributed by atoms with Gasteiger partial charge in [0.2, 0.25) is 0 Å². The van der Waals surface area contributed by atoms with Gasteiger partial charge in [-0.25, -0.2) is 0 Å². The molecule has 0 aromatic heterocycles. The molecule has 0 saturated carbocycles. The third kappa shape index (κ3) is 15.1. The summed E-state index contributed by atoms with van der Waals surface area (Å²) in [6, 6.07) is 0. The van der Waals surface area contributed by atoms with Gasteiger partial charge in [0.1, 0.15) is 0 Å². The molecule has 0 aromatic rings. The van der Waals surface area contributed by atoms with Crippen LogP contribution in [-0.2, 0) is 10.1 Å². The van der Waals surface area contributed by atoms with E-state index in [1.807, 2.05) is 6.08 Å². The Morgan fingerprint density at radius 2 is 1.79 bits per heavy atom. The first-order chi connectivity index (χ1) is 6.06. The Hall–Kier alpha value is 0.650. The fourth-order valence-electron chi connectivity index (χ4n) is 0.996. The van der Waals surface area contributed by atoms with E-state index in [2.05, 4.69) is 6.92 Å². The van der Waals surface area contributed by atoms with Crippen LogP contribution in [0.3, 0.4) is 0 Å². The predicted molar refractivity (Wildman–Crippen MR) is 61.5 cm³/mol. The average molecular weight is 230 g/mol. The van der Waals surface area contributed by atoms with Gasteiger partial charge >= 0.3 is 29.6 Å². The summed E-state index contributed by atoms with van der Waals surface area (Å²) in [6.07, 6.45) is 8.92. The standard InChI is InChI=1S/C9H18O3S.Na.H/c1-2-3-4-5-6-7-8-9-13(10,11)12;;/h7-8H,2-6,9H2,1H3,(H,10,11,12);;. The molecular formula is C9H19NaO3S. The van der Waals surface area contributed by atoms with Crippen LogP contribution in [0.1, 0.15) is 39.0 Å². The minimum atomic E-state index is -3.81. The number of hydrogen-bond acceptors (Lipinski definition) is 2. The summed E-state index contributed by atoms with van der Waals surface area (Å²) >= 11 is 0. The van der Waals surface area contributed by atoms with E-state index in [1.165, 1.54) is 25.3 Å². The summed E-state index contributed by atoms with van der Waals surface area (Å²) in [4.78, 5) is 0. The molecule has 80 valence electrons. The molecule has 0 aliphatic carbocycles. The maximum atomic E-state index is 10.3. The molecule has 0 atom stereocenters. The third-order valence-corrected chi connectivity index (χ3v) is 2.31. The summed E-state index contributed by atoms with van der Waals surface area (Å²) in [5, 5.41) is 0. The van der Waals surface area contributed by atoms with Crippen LogP contribution in [0.25, 0.3) is 0 Å². The molecule has 0 fully saturated rings. The molecule has 0 bridgehead atoms. The molecule has 1 N–H and O–H groups in total. The Bertz CT molecular complexity index is 234. The molecule has 0 amide bonds. The number of rotatable bonds is 7. The van der Waals surface area contributed by atoms with Crippen molar-refractivity contribution in [1.82, 2.24) is 0 Å². The second kappa shape index (κ2) is 10.2. The first-order valence-electron chi connectivity index (χ1n) is 4.66. The van der Waals surface area contributed by atoms with Gasteiger partial charge in [0.15, 0.2) is 0 Å². The van der Waals surface area contributed by atoms with E-state index in [-0.39, 0.29) is 35.3 Å². The second-order valence-corrected chi connectivity index (χ2v) is 4.57. The number of allylic oxidation sites excluding steroid dienone is 1. The molecule has 14 heavy (non-hydrogen) atoms. The zero-order valence-electron chi connectivity index (χ0n) is 8.07. The molecule has 0 saturated heterocycles. The van der Waals surface area contributed by atoms with Crippen molar-refractivity contribution in [3.05, 3.63) is 12.2 Å². The summed E-state index contributed by atoms with van der Waals surface area (Å²) < 4.78 is 28.9. The Kier molecular flexibility index (Phi) is 12.4. The SMILES string of the molecule is CCCCCCC=CCS(=O)(=O)O.[NaH]. The van der Waals surface area contributed by atoms with Crippen molar-refractivity contribution in [2.24, 2.45) is 0 Å². The Morgan fingerprint density at radius 1 is 1.14 bits per heavy atom. The molecule has 0 aliphatic rings. The molecule has 3 nitrogen and oxygen atoms in total. The van der Waals surface area contributed by atoms with E-state index in [1.54, 1.807) is 0 Å². The van der Waals surface area contributed by atoms with Crippen LogP contribution in [0, 0.1) is 0 Å². The van der Waals surface area contributed by atoms with Gasteiger partial charge < -0.3 is 0 Å². The maximum absolute atomic E-state index is 10.3. The molecule has 0 heterocycles. The zero-order chi connectivity index (χ0) is 10.2. The van der Waals surface area contributed by atoms with Gasteiger partial charge in [-0.2, -0.15) is 8.42 Å². The van der Waals surface area contributed by atoms with Crippen LogP contribution in [0.4, 0.5) is 0 Å². The van der Waals surface area contributed by atoms with E-state index >= 15 is 0 Å². The van der Waals surface area contributed by atoms with Crippen molar-refractivity contribution < 1.29 is 13.0 Å². The molecule has 0 rings (SSSR count). The topological polar surface area (TPSA) is 54.4 Å². The Labute approximate surface area is 109 Å². The van der Waals surface area contributed by atoms with E-state index < -0.39 is 10.1 Å². The molecule has 5 heteroatoms. The zero-order valence-corrected chi connectivity index (χ0v) is 8.89. The van der Waals surface area contributed by atoms with Crippen molar-refractivity contribution in [1.29, 1.82) is 0 Å². The molecule has 0 unspecified atom stereocenters. The molecule has 0 aliphatic heterocycles. The van der Waals surface area contributed by atoms with Gasteiger partial charge in [0.25, 0.3) is 10.1 Å². The van der Waals surface area contributed by atoms with Crippen molar-refractivity contribution in [2.45, 2.75) is 39.0 Å². The summed E-state index contributed by atoms with van der Waals surface area (Å²) in [7, 11) is -3.81. The van der Waals surface area contributed by atoms with Crippen LogP contribution in [0.15, 0.2) is 12.2 Å². The van der Waals surface area contributed by atoms with Gasteiger partial charge in [0.05, 0.1) is 5.75 Å². The second-order valence-electron chi connectivity index (χ2n) is 3.07. The van der Waals surface area contributed by atoms with Gasteiger partial charge in [-0.05, 0) is 12.8 Å². The van der Waals surface area contributed by atoms with Gasteiger partial charge in [-0.1, -0.05) is 38.3 Å². The van der Waals surface area contributed by atoms with E-state index in [4.69, 9.17) is 4.55 Å². The fourth-order valence-corrected chi connectivity index (χ4v) is 1.38. The fraction of sp³-hybridized carbons (Fsp3) is 0.778. The van der Waals surface area contributed by atoms with Crippen molar-refractivity contribution >= 4 is 39.7 Å². The first-order valence-corrected chi connectivity index (χ1v) is 6.27. The van der Waals surface area contributed by atoms with Crippen LogP contribution in [0.2, 0.25) is 0 Å². The van der Waals surface area contributed by atoms with Crippen LogP contribution in [-0.4, -0.2) is 48.3 Å². The predicted octanol–water partition coefficient (Wildman–Crippen LogP) is 1.75. The summed E-state index contributed by atoms with van der Waals surface area (Å²) in [6.45, 7) is 2.15. The van der Waals surface area contributed by atoms with E-state index in [0.717, 1.165) is 12.8 Å². The van der Waals surface area contributed by atoms with Gasteiger partial charge in [0, 0.05) is 0 Å². The van der Waals surface area contributed by atoms with Crippen molar-refractivity contribution in [3.8, 4) is 0 Å². The van der Waals surface area contributed by atoms with E-state index in [9.17, 15) is 8.42 Å². The molecule has 0 radical (unpaired) electrons. The van der Waals surface area contributed by atoms with Crippen LogP contribution in [0.5, 0.6) is 0 Å². The van der Waals surface area contributed by atoms with E-state index in [0.29, 0.717) is 0 Å². The van der Waals surface area contributed by atoms with Crippen molar-refractivity contribution in [2.75, 3.05) is 5.75 Å². The molecule has 0 spiro atoms. The minimum absolute atomic E-state index is 0. The normalized spacial score (nSPS) is 11.6. The van der Waals surface area contributed by atoms with Crippen molar-refractivity contribution in [3.63, 3.8) is 0 Å². The van der Waals surface area contributed by atoms with Crippen LogP contribution >= 0.6 is 0 Å². The quantitative estimate of drug-likeness (QED) is 0.314. The summed E-state index contributed by atoms with van der Waals surface area (Å²) in [5.41, 5.74) is 0. The number of unbranched alkanes of at least 4 members (excludes halogenated alkanes) is 4. The summed E-state index contributed by atoms with van der Waals surface area (Å²) in [5.74, 6) is -0.263. The molecular weight excluding hydrogens is 211 g/mol. The number of hydrogen-bond donors (Lipinski definition) is 1. The van der Waals surface area contributed by atoms with Crippen LogP contribution < -0.4 is 0 Å². The molecule has 0 aromatic carbocycles. The monoisotopic (exact) mass is 230 g/mol. The van der Waals surface area contributed by atoms with Gasteiger partial charge in [-0.15, -0.1) is 0 Å². The Balaban J connectivity index is 0. The third-order valence-electron chi connectivity index (χ3n) is 1.70. The average Bonchev–Trinajstić information content (AvgIpc) is 2.01. The Morgan fingerprint density at radius 3 is 2.29 bits per heavy atom. The van der Waals surface area contributed by atoms with Gasteiger partial charge in [-0.3, -0.25) is 4.55 Å².